The van der Waals surface area contributed by atoms with Gasteiger partial charge in [-0.2, -0.15) is 4.72 Å². The Kier molecular flexibility index (Phi) is 6.83. The Morgan fingerprint density at radius 3 is 2.23 bits per heavy atom. The van der Waals surface area contributed by atoms with Gasteiger partial charge in [0.15, 0.2) is 0 Å². The molecule has 0 unspecified atom stereocenters. The highest BCUT2D eigenvalue weighted by molar-refractivity contribution is 7.89. The average Bonchev–Trinajstić information content (AvgIpc) is 2.52. The lowest BCUT2D eigenvalue weighted by Crippen LogP contribution is -2.48. The van der Waals surface area contributed by atoms with Crippen LogP contribution in [0.1, 0.15) is 33.6 Å². The summed E-state index contributed by atoms with van der Waals surface area (Å²) in [6, 6.07) is 5.23. The van der Waals surface area contributed by atoms with Gasteiger partial charge in [-0.15, -0.1) is 0 Å². The van der Waals surface area contributed by atoms with Crippen molar-refractivity contribution in [2.45, 2.75) is 50.6 Å². The van der Waals surface area contributed by atoms with Gasteiger partial charge >= 0.3 is 0 Å². The van der Waals surface area contributed by atoms with Gasteiger partial charge in [-0.05, 0) is 44.0 Å². The minimum Gasteiger partial charge on any atom is -0.497 e. The lowest BCUT2D eigenvalue weighted by molar-refractivity contribution is -0.123. The van der Waals surface area contributed by atoms with Crippen LogP contribution in [-0.2, 0) is 14.8 Å². The molecule has 1 aromatic carbocycles. The summed E-state index contributed by atoms with van der Waals surface area (Å²) in [6.45, 7) is 5.59. The van der Waals surface area contributed by atoms with Gasteiger partial charge in [-0.3, -0.25) is 4.79 Å². The first-order valence-corrected chi connectivity index (χ1v) is 8.79. The van der Waals surface area contributed by atoms with E-state index in [9.17, 15) is 13.2 Å². The molecule has 0 aromatic heterocycles. The molecule has 1 amide bonds. The highest BCUT2D eigenvalue weighted by atomic mass is 32.2. The number of hydrogen-bond donors (Lipinski definition) is 2. The number of rotatable bonds is 8. The molecule has 0 saturated carbocycles. The Labute approximate surface area is 132 Å². The van der Waals surface area contributed by atoms with Gasteiger partial charge in [-0.25, -0.2) is 8.42 Å². The first-order chi connectivity index (χ1) is 10.3. The summed E-state index contributed by atoms with van der Waals surface area (Å²) in [5.41, 5.74) is 0. The summed E-state index contributed by atoms with van der Waals surface area (Å²) in [5, 5.41) is 2.79. The van der Waals surface area contributed by atoms with Crippen molar-refractivity contribution in [3.63, 3.8) is 0 Å². The molecule has 124 valence electrons. The SMILES string of the molecule is CC[C@@H](C)NC(=O)[C@H](CC)NS(=O)(=O)c1ccc(OC)cc1. The smallest absolute Gasteiger partial charge is 0.241 e. The molecule has 22 heavy (non-hydrogen) atoms. The van der Waals surface area contributed by atoms with Gasteiger partial charge in [0.05, 0.1) is 12.0 Å². The zero-order valence-corrected chi connectivity index (χ0v) is 14.2. The number of benzene rings is 1. The Bertz CT molecular complexity index is 584. The zero-order valence-electron chi connectivity index (χ0n) is 13.4. The summed E-state index contributed by atoms with van der Waals surface area (Å²) in [5.74, 6) is 0.259. The van der Waals surface area contributed by atoms with Gasteiger partial charge in [0, 0.05) is 6.04 Å². The number of ether oxygens (including phenoxy) is 1. The van der Waals surface area contributed by atoms with E-state index in [2.05, 4.69) is 10.0 Å². The molecule has 2 atom stereocenters. The van der Waals surface area contributed by atoms with Crippen LogP contribution in [-0.4, -0.2) is 33.5 Å². The van der Waals surface area contributed by atoms with Gasteiger partial charge in [0.1, 0.15) is 11.8 Å². The van der Waals surface area contributed by atoms with Crippen LogP contribution in [0.3, 0.4) is 0 Å². The van der Waals surface area contributed by atoms with Gasteiger partial charge in [0.2, 0.25) is 15.9 Å². The van der Waals surface area contributed by atoms with E-state index in [0.717, 1.165) is 6.42 Å². The van der Waals surface area contributed by atoms with Crippen molar-refractivity contribution < 1.29 is 17.9 Å². The molecular formula is C15H24N2O4S. The molecule has 6 nitrogen and oxygen atoms in total. The number of carbonyl (C=O) groups excluding carboxylic acids is 1. The Hall–Kier alpha value is -1.60. The summed E-state index contributed by atoms with van der Waals surface area (Å²) in [7, 11) is -2.24. The molecule has 0 spiro atoms. The van der Waals surface area contributed by atoms with Gasteiger partial charge < -0.3 is 10.1 Å². The number of methoxy groups -OCH3 is 1. The van der Waals surface area contributed by atoms with Crippen LogP contribution in [0.4, 0.5) is 0 Å². The second kappa shape index (κ2) is 8.14. The molecule has 1 aromatic rings. The summed E-state index contributed by atoms with van der Waals surface area (Å²) >= 11 is 0. The first-order valence-electron chi connectivity index (χ1n) is 7.30. The Balaban J connectivity index is 2.85. The quantitative estimate of drug-likeness (QED) is 0.760. The highest BCUT2D eigenvalue weighted by Gasteiger charge is 2.24. The van der Waals surface area contributed by atoms with Crippen LogP contribution in [0.25, 0.3) is 0 Å². The van der Waals surface area contributed by atoms with Crippen molar-refractivity contribution in [3.05, 3.63) is 24.3 Å². The monoisotopic (exact) mass is 328 g/mol. The lowest BCUT2D eigenvalue weighted by atomic mass is 10.2. The summed E-state index contributed by atoms with van der Waals surface area (Å²) in [4.78, 5) is 12.2. The minimum absolute atomic E-state index is 0.00652. The number of amides is 1. The van der Waals surface area contributed by atoms with Crippen molar-refractivity contribution >= 4 is 15.9 Å². The predicted octanol–water partition coefficient (Wildman–Crippen LogP) is 1.67. The van der Waals surface area contributed by atoms with E-state index in [-0.39, 0.29) is 16.8 Å². The molecule has 0 bridgehead atoms. The van der Waals surface area contributed by atoms with Crippen LogP contribution < -0.4 is 14.8 Å². The summed E-state index contributed by atoms with van der Waals surface area (Å²) in [6.07, 6.45) is 1.16. The van der Waals surface area contributed by atoms with Crippen LogP contribution in [0.15, 0.2) is 29.2 Å². The molecule has 0 radical (unpaired) electrons. The maximum Gasteiger partial charge on any atom is 0.241 e. The molecule has 0 aliphatic heterocycles. The molecule has 7 heteroatoms. The predicted molar refractivity (Wildman–Crippen MR) is 85.3 cm³/mol. The van der Waals surface area contributed by atoms with Crippen LogP contribution in [0.5, 0.6) is 5.75 Å². The molecule has 0 saturated heterocycles. The van der Waals surface area contributed by atoms with Crippen molar-refractivity contribution in [3.8, 4) is 5.75 Å². The van der Waals surface area contributed by atoms with Crippen molar-refractivity contribution in [1.82, 2.24) is 10.0 Å². The van der Waals surface area contributed by atoms with E-state index in [1.54, 1.807) is 19.1 Å². The van der Waals surface area contributed by atoms with Crippen LogP contribution in [0.2, 0.25) is 0 Å². The highest BCUT2D eigenvalue weighted by Crippen LogP contribution is 2.16. The van der Waals surface area contributed by atoms with Gasteiger partial charge in [-0.1, -0.05) is 13.8 Å². The van der Waals surface area contributed by atoms with E-state index >= 15 is 0 Å². The fourth-order valence-electron chi connectivity index (χ4n) is 1.78. The maximum absolute atomic E-state index is 12.3. The van der Waals surface area contributed by atoms with E-state index in [1.165, 1.54) is 19.2 Å². The van der Waals surface area contributed by atoms with E-state index < -0.39 is 16.1 Å². The third-order valence-corrected chi connectivity index (χ3v) is 4.88. The molecular weight excluding hydrogens is 304 g/mol. The molecule has 0 fully saturated rings. The third kappa shape index (κ3) is 4.99. The van der Waals surface area contributed by atoms with Crippen molar-refractivity contribution in [2.75, 3.05) is 7.11 Å². The van der Waals surface area contributed by atoms with Crippen molar-refractivity contribution in [1.29, 1.82) is 0 Å². The minimum atomic E-state index is -3.75. The van der Waals surface area contributed by atoms with Gasteiger partial charge in [0.25, 0.3) is 0 Å². The largest absolute Gasteiger partial charge is 0.497 e. The number of carbonyl (C=O) groups is 1. The normalized spacial score (nSPS) is 14.2. The second-order valence-electron chi connectivity index (χ2n) is 5.08. The van der Waals surface area contributed by atoms with E-state index in [4.69, 9.17) is 4.74 Å². The molecule has 0 aliphatic carbocycles. The maximum atomic E-state index is 12.3. The van der Waals surface area contributed by atoms with Crippen LogP contribution >= 0.6 is 0 Å². The number of hydrogen-bond acceptors (Lipinski definition) is 4. The fraction of sp³-hybridized carbons (Fsp3) is 0.533. The topological polar surface area (TPSA) is 84.5 Å². The second-order valence-corrected chi connectivity index (χ2v) is 6.79. The molecule has 0 heterocycles. The van der Waals surface area contributed by atoms with E-state index in [1.807, 2.05) is 13.8 Å². The van der Waals surface area contributed by atoms with Crippen LogP contribution in [0, 0.1) is 0 Å². The average molecular weight is 328 g/mol. The van der Waals surface area contributed by atoms with Crippen molar-refractivity contribution in [2.24, 2.45) is 0 Å². The third-order valence-electron chi connectivity index (χ3n) is 3.39. The Morgan fingerprint density at radius 1 is 1.18 bits per heavy atom. The first kappa shape index (κ1) is 18.4. The van der Waals surface area contributed by atoms with E-state index in [0.29, 0.717) is 12.2 Å². The number of sulfonamides is 1. The molecule has 2 N–H and O–H groups in total. The summed E-state index contributed by atoms with van der Waals surface area (Å²) < 4.78 is 32.1. The lowest BCUT2D eigenvalue weighted by Gasteiger charge is -2.19. The number of nitrogens with one attached hydrogen (secondary N) is 2. The Morgan fingerprint density at radius 2 is 1.77 bits per heavy atom. The molecule has 1 rings (SSSR count). The fourth-order valence-corrected chi connectivity index (χ4v) is 3.06. The zero-order chi connectivity index (χ0) is 16.8. The molecule has 0 aliphatic rings. The standard InChI is InChI=1S/C15H24N2O4S/c1-5-11(3)16-15(18)14(6-2)17-22(19,20)13-9-7-12(21-4)8-10-13/h7-11,14,17H,5-6H2,1-4H3,(H,16,18)/t11-,14+/m1/s1.